The first-order chi connectivity index (χ1) is 16.9. The van der Waals surface area contributed by atoms with Gasteiger partial charge in [-0.05, 0) is 49.2 Å². The summed E-state index contributed by atoms with van der Waals surface area (Å²) in [6.45, 7) is 7.96. The summed E-state index contributed by atoms with van der Waals surface area (Å²) < 4.78 is 25.3. The summed E-state index contributed by atoms with van der Waals surface area (Å²) in [4.78, 5) is 6.43. The first-order valence-corrected chi connectivity index (χ1v) is 11.9. The molecule has 1 saturated heterocycles. The number of nitrogens with zero attached hydrogens (tertiary/aromatic N) is 3. The van der Waals surface area contributed by atoms with E-state index in [2.05, 4.69) is 9.88 Å². The number of β-amino-alcohol motifs (C(OH)–C–C–N with tert-alkyl or cyclic N) is 1. The molecule has 4 rings (SSSR count). The Bertz CT molecular complexity index is 1100. The molecule has 35 heavy (non-hydrogen) atoms. The van der Waals surface area contributed by atoms with Crippen molar-refractivity contribution >= 4 is 0 Å². The molecule has 8 nitrogen and oxygen atoms in total. The van der Waals surface area contributed by atoms with Gasteiger partial charge in [-0.1, -0.05) is 18.2 Å². The molecule has 1 fully saturated rings. The van der Waals surface area contributed by atoms with Gasteiger partial charge in [0, 0.05) is 32.0 Å². The SMILES string of the molecule is COc1ccc(CN2CCOC[C@](O)(COc3cccc(C)c3)C2)cc1OCCn1ccnc1C. The van der Waals surface area contributed by atoms with Crippen LogP contribution in [0, 0.1) is 13.8 Å². The Morgan fingerprint density at radius 2 is 2.00 bits per heavy atom. The van der Waals surface area contributed by atoms with Crippen LogP contribution in [0.1, 0.15) is 17.0 Å². The van der Waals surface area contributed by atoms with Gasteiger partial charge in [-0.15, -0.1) is 0 Å². The van der Waals surface area contributed by atoms with Crippen molar-refractivity contribution in [2.45, 2.75) is 32.5 Å². The summed E-state index contributed by atoms with van der Waals surface area (Å²) >= 11 is 0. The van der Waals surface area contributed by atoms with Gasteiger partial charge in [0.05, 0.1) is 26.9 Å². The molecule has 8 heteroatoms. The minimum Gasteiger partial charge on any atom is -0.493 e. The van der Waals surface area contributed by atoms with Gasteiger partial charge in [-0.2, -0.15) is 0 Å². The van der Waals surface area contributed by atoms with Crippen LogP contribution < -0.4 is 14.2 Å². The molecule has 1 N–H and O–H groups in total. The zero-order valence-corrected chi connectivity index (χ0v) is 20.8. The Morgan fingerprint density at radius 1 is 1.11 bits per heavy atom. The van der Waals surface area contributed by atoms with Crippen molar-refractivity contribution in [3.05, 3.63) is 71.8 Å². The molecular formula is C27H35N3O5. The Kier molecular flexibility index (Phi) is 8.28. The van der Waals surface area contributed by atoms with E-state index in [1.165, 1.54) is 0 Å². The molecule has 2 heterocycles. The first kappa shape index (κ1) is 25.0. The van der Waals surface area contributed by atoms with Crippen LogP contribution in [0.15, 0.2) is 54.9 Å². The van der Waals surface area contributed by atoms with E-state index in [9.17, 15) is 5.11 Å². The van der Waals surface area contributed by atoms with Crippen molar-refractivity contribution in [2.75, 3.05) is 46.6 Å². The highest BCUT2D eigenvalue weighted by Crippen LogP contribution is 2.29. The molecule has 1 atom stereocenters. The Balaban J connectivity index is 1.38. The molecule has 1 aromatic heterocycles. The highest BCUT2D eigenvalue weighted by atomic mass is 16.5. The lowest BCUT2D eigenvalue weighted by atomic mass is 10.1. The fraction of sp³-hybridized carbons (Fsp3) is 0.444. The van der Waals surface area contributed by atoms with Crippen LogP contribution in [0.3, 0.4) is 0 Å². The van der Waals surface area contributed by atoms with Gasteiger partial charge < -0.3 is 28.6 Å². The van der Waals surface area contributed by atoms with Crippen LogP contribution in [0.4, 0.5) is 0 Å². The maximum absolute atomic E-state index is 11.3. The predicted octanol–water partition coefficient (Wildman–Crippen LogP) is 3.23. The highest BCUT2D eigenvalue weighted by Gasteiger charge is 2.33. The fourth-order valence-corrected chi connectivity index (χ4v) is 4.23. The average Bonchev–Trinajstić information content (AvgIpc) is 3.15. The molecule has 0 amide bonds. The number of rotatable bonds is 10. The standard InChI is InChI=1S/C27H35N3O5/c1-21-5-4-6-24(15-21)35-20-27(31)18-29(11-13-33-19-27)17-23-7-8-25(32-3)26(16-23)34-14-12-30-10-9-28-22(30)2/h4-10,15-16,31H,11-14,17-20H2,1-3H3/t27-/m0/s1. The third-order valence-corrected chi connectivity index (χ3v) is 6.09. The largest absolute Gasteiger partial charge is 0.493 e. The van der Waals surface area contributed by atoms with E-state index in [0.29, 0.717) is 44.3 Å². The second-order valence-electron chi connectivity index (χ2n) is 9.09. The molecule has 0 aliphatic carbocycles. The third kappa shape index (κ3) is 6.97. The topological polar surface area (TPSA) is 78.2 Å². The van der Waals surface area contributed by atoms with Crippen LogP contribution >= 0.6 is 0 Å². The lowest BCUT2D eigenvalue weighted by Gasteiger charge is -2.30. The maximum Gasteiger partial charge on any atom is 0.161 e. The van der Waals surface area contributed by atoms with Crippen molar-refractivity contribution in [1.82, 2.24) is 14.5 Å². The molecule has 1 aliphatic heterocycles. The number of hydrogen-bond acceptors (Lipinski definition) is 7. The quantitative estimate of drug-likeness (QED) is 0.476. The third-order valence-electron chi connectivity index (χ3n) is 6.09. The molecule has 2 aromatic carbocycles. The molecule has 0 saturated carbocycles. The lowest BCUT2D eigenvalue weighted by molar-refractivity contribution is -0.0646. The maximum atomic E-state index is 11.3. The average molecular weight is 482 g/mol. The molecule has 188 valence electrons. The zero-order chi connectivity index (χ0) is 24.7. The van der Waals surface area contributed by atoms with Crippen molar-refractivity contribution in [2.24, 2.45) is 0 Å². The van der Waals surface area contributed by atoms with E-state index >= 15 is 0 Å². The van der Waals surface area contributed by atoms with E-state index in [0.717, 1.165) is 29.2 Å². The lowest BCUT2D eigenvalue weighted by Crippen LogP contribution is -2.48. The van der Waals surface area contributed by atoms with Gasteiger partial charge in [0.15, 0.2) is 11.5 Å². The van der Waals surface area contributed by atoms with Crippen molar-refractivity contribution < 1.29 is 24.1 Å². The number of ether oxygens (including phenoxy) is 4. The number of aromatic nitrogens is 2. The van der Waals surface area contributed by atoms with Crippen molar-refractivity contribution in [3.63, 3.8) is 0 Å². The van der Waals surface area contributed by atoms with E-state index in [1.54, 1.807) is 13.3 Å². The van der Waals surface area contributed by atoms with Crippen LogP contribution in [0.25, 0.3) is 0 Å². The second-order valence-corrected chi connectivity index (χ2v) is 9.09. The fourth-order valence-electron chi connectivity index (χ4n) is 4.23. The summed E-state index contributed by atoms with van der Waals surface area (Å²) in [5.41, 5.74) is 1.09. The number of hydrogen-bond donors (Lipinski definition) is 1. The van der Waals surface area contributed by atoms with Crippen molar-refractivity contribution in [1.29, 1.82) is 0 Å². The predicted molar refractivity (Wildman–Crippen MR) is 133 cm³/mol. The summed E-state index contributed by atoms with van der Waals surface area (Å²) in [5, 5.41) is 11.3. The minimum absolute atomic E-state index is 0.164. The van der Waals surface area contributed by atoms with Gasteiger partial charge in [0.25, 0.3) is 0 Å². The van der Waals surface area contributed by atoms with E-state index in [1.807, 2.05) is 67.1 Å². The van der Waals surface area contributed by atoms with E-state index < -0.39 is 5.60 Å². The van der Waals surface area contributed by atoms with Crippen molar-refractivity contribution in [3.8, 4) is 17.2 Å². The summed E-state index contributed by atoms with van der Waals surface area (Å²) in [7, 11) is 1.64. The monoisotopic (exact) mass is 481 g/mol. The van der Waals surface area contributed by atoms with E-state index in [4.69, 9.17) is 18.9 Å². The van der Waals surface area contributed by atoms with Crippen LogP contribution in [-0.4, -0.2) is 71.8 Å². The summed E-state index contributed by atoms with van der Waals surface area (Å²) in [6.07, 6.45) is 3.73. The number of aryl methyl sites for hydroxylation is 2. The zero-order valence-electron chi connectivity index (χ0n) is 20.8. The molecule has 1 aliphatic rings. The number of imidazole rings is 1. The number of methoxy groups -OCH3 is 1. The molecular weight excluding hydrogens is 446 g/mol. The normalized spacial score (nSPS) is 18.7. The molecule has 0 spiro atoms. The Morgan fingerprint density at radius 3 is 2.77 bits per heavy atom. The first-order valence-electron chi connectivity index (χ1n) is 11.9. The minimum atomic E-state index is -1.10. The summed E-state index contributed by atoms with van der Waals surface area (Å²) in [5.74, 6) is 3.10. The molecule has 3 aromatic rings. The second kappa shape index (κ2) is 11.6. The van der Waals surface area contributed by atoms with Gasteiger partial charge >= 0.3 is 0 Å². The Labute approximate surface area is 207 Å². The van der Waals surface area contributed by atoms with E-state index in [-0.39, 0.29) is 13.2 Å². The van der Waals surface area contributed by atoms with Gasteiger partial charge in [0.1, 0.15) is 30.4 Å². The molecule has 0 unspecified atom stereocenters. The van der Waals surface area contributed by atoms with Gasteiger partial charge in [0.2, 0.25) is 0 Å². The Hall–Kier alpha value is -3.07. The van der Waals surface area contributed by atoms with Gasteiger partial charge in [-0.3, -0.25) is 4.90 Å². The number of aliphatic hydroxyl groups is 1. The highest BCUT2D eigenvalue weighted by molar-refractivity contribution is 5.43. The smallest absolute Gasteiger partial charge is 0.161 e. The molecule has 0 radical (unpaired) electrons. The van der Waals surface area contributed by atoms with Crippen LogP contribution in [0.2, 0.25) is 0 Å². The van der Waals surface area contributed by atoms with Crippen LogP contribution in [-0.2, 0) is 17.8 Å². The van der Waals surface area contributed by atoms with Crippen LogP contribution in [0.5, 0.6) is 17.2 Å². The molecule has 0 bridgehead atoms. The summed E-state index contributed by atoms with van der Waals surface area (Å²) in [6, 6.07) is 13.8. The van der Waals surface area contributed by atoms with Gasteiger partial charge in [-0.25, -0.2) is 4.98 Å². The number of benzene rings is 2.